The molecule has 220 valence electrons. The first-order valence-electron chi connectivity index (χ1n) is 14.2. The van der Waals surface area contributed by atoms with Crippen molar-refractivity contribution >= 4 is 16.4 Å². The average molecular weight is 562 g/mol. The molecular weight excluding hydrogens is 514 g/mol. The molecule has 2 bridgehead atoms. The first-order chi connectivity index (χ1) is 18.1. The van der Waals surface area contributed by atoms with Gasteiger partial charge in [0.25, 0.3) is 0 Å². The lowest BCUT2D eigenvalue weighted by atomic mass is 10.0. The van der Waals surface area contributed by atoms with Crippen molar-refractivity contribution in [3.8, 4) is 0 Å². The summed E-state index contributed by atoms with van der Waals surface area (Å²) in [6.45, 7) is 14.8. The van der Waals surface area contributed by atoms with Crippen molar-refractivity contribution in [1.82, 2.24) is 20.2 Å². The number of aromatic nitrogens is 2. The highest BCUT2D eigenvalue weighted by Gasteiger charge is 2.48. The summed E-state index contributed by atoms with van der Waals surface area (Å²) in [6, 6.07) is -1.80. The number of amides is 2. The number of urea groups is 1. The molecule has 2 aliphatic rings. The zero-order chi connectivity index (χ0) is 28.2. The van der Waals surface area contributed by atoms with E-state index in [1.54, 1.807) is 0 Å². The van der Waals surface area contributed by atoms with Crippen molar-refractivity contribution in [1.29, 1.82) is 0 Å². The summed E-state index contributed by atoms with van der Waals surface area (Å²) in [5.74, 6) is 0.173. The van der Waals surface area contributed by atoms with Gasteiger partial charge in [0.05, 0.1) is 32.2 Å². The lowest BCUT2D eigenvalue weighted by Gasteiger charge is -2.39. The number of rotatable bonds is 16. The number of piperidine rings is 1. The standard InChI is InChI=1S/C16H36N.C9H12N4O7S/c1-5-9-13-17(14-10-6-2,15-11-7-3)16-12-8-4;14-4-7-10-11-8(19-7)6-2-1-5-3-12(6)9(15)13(5)20-21(16,17)18/h5-16H2,1-4H3;5-6,14H,1-4H2,(H,16,17,18)/q+1;/p-1/t;5-,6+/m.1/s1. The predicted octanol–water partition coefficient (Wildman–Crippen LogP) is 3.90. The van der Waals surface area contributed by atoms with E-state index in [1.165, 1.54) is 86.9 Å². The molecule has 3 heterocycles. The van der Waals surface area contributed by atoms with Gasteiger partial charge in [-0.25, -0.2) is 13.2 Å². The smallest absolute Gasteiger partial charge is 0.346 e. The van der Waals surface area contributed by atoms with Gasteiger partial charge in [-0.05, 0) is 38.5 Å². The number of hydroxylamine groups is 2. The first-order valence-corrected chi connectivity index (χ1v) is 15.5. The third kappa shape index (κ3) is 9.44. The number of hydrogen-bond acceptors (Lipinski definition) is 9. The van der Waals surface area contributed by atoms with Crippen LogP contribution in [0.15, 0.2) is 4.42 Å². The molecule has 13 heteroatoms. The summed E-state index contributed by atoms with van der Waals surface area (Å²) in [6.07, 6.45) is 11.9. The van der Waals surface area contributed by atoms with Crippen molar-refractivity contribution in [2.24, 2.45) is 0 Å². The largest absolute Gasteiger partial charge is 0.724 e. The summed E-state index contributed by atoms with van der Waals surface area (Å²) in [4.78, 5) is 13.4. The van der Waals surface area contributed by atoms with Crippen molar-refractivity contribution < 1.29 is 36.1 Å². The van der Waals surface area contributed by atoms with E-state index in [1.807, 2.05) is 0 Å². The maximum absolute atomic E-state index is 12.1. The highest BCUT2D eigenvalue weighted by atomic mass is 32.3. The van der Waals surface area contributed by atoms with Crippen molar-refractivity contribution in [2.45, 2.75) is 111 Å². The van der Waals surface area contributed by atoms with Gasteiger partial charge in [-0.15, -0.1) is 10.2 Å². The minimum absolute atomic E-state index is 0.0222. The van der Waals surface area contributed by atoms with Gasteiger partial charge in [0.15, 0.2) is 0 Å². The van der Waals surface area contributed by atoms with Crippen LogP contribution in [-0.2, 0) is 21.3 Å². The maximum Gasteiger partial charge on any atom is 0.346 e. The molecule has 38 heavy (non-hydrogen) atoms. The van der Waals surface area contributed by atoms with Crippen LogP contribution < -0.4 is 0 Å². The number of nitrogens with zero attached hydrogens (tertiary/aromatic N) is 5. The van der Waals surface area contributed by atoms with E-state index < -0.39 is 35.1 Å². The number of unbranched alkanes of at least 4 members (excludes halogenated alkanes) is 4. The summed E-state index contributed by atoms with van der Waals surface area (Å²) in [5.41, 5.74) is 0. The minimum Gasteiger partial charge on any atom is -0.724 e. The van der Waals surface area contributed by atoms with E-state index in [-0.39, 0.29) is 18.3 Å². The Bertz CT molecular complexity index is 905. The highest BCUT2D eigenvalue weighted by Crippen LogP contribution is 2.38. The van der Waals surface area contributed by atoms with E-state index in [9.17, 15) is 17.8 Å². The number of quaternary nitrogens is 1. The SMILES string of the molecule is CCCC[N+](CCCC)(CCCC)CCCC.O=C1N2C[C@@H](CC[C@H]2c2nnc(CO)o2)N1OS(=O)(=O)[O-]. The molecular formula is C25H47N5O7S. The van der Waals surface area contributed by atoms with Gasteiger partial charge in [0.2, 0.25) is 22.2 Å². The predicted molar refractivity (Wildman–Crippen MR) is 140 cm³/mol. The molecule has 1 N–H and O–H groups in total. The average Bonchev–Trinajstić information content (AvgIpc) is 3.47. The second-order valence-electron chi connectivity index (χ2n) is 10.3. The van der Waals surface area contributed by atoms with Crippen molar-refractivity contribution in [3.05, 3.63) is 11.8 Å². The second kappa shape index (κ2) is 15.7. The molecule has 0 unspecified atom stereocenters. The molecule has 0 aromatic carbocycles. The molecule has 0 spiro atoms. The number of carbonyl (C=O) groups excluding carboxylic acids is 1. The molecule has 2 amide bonds. The quantitative estimate of drug-likeness (QED) is 0.180. The van der Waals surface area contributed by atoms with Gasteiger partial charge in [0.1, 0.15) is 12.6 Å². The Morgan fingerprint density at radius 2 is 1.50 bits per heavy atom. The van der Waals surface area contributed by atoms with E-state index in [0.29, 0.717) is 17.9 Å². The lowest BCUT2D eigenvalue weighted by molar-refractivity contribution is -0.929. The molecule has 2 fully saturated rings. The fourth-order valence-corrected chi connectivity index (χ4v) is 5.58. The highest BCUT2D eigenvalue weighted by molar-refractivity contribution is 7.80. The molecule has 2 aliphatic heterocycles. The normalized spacial score (nSPS) is 19.6. The Balaban J connectivity index is 0.000000275. The molecule has 0 aliphatic carbocycles. The van der Waals surface area contributed by atoms with Crippen LogP contribution in [0.25, 0.3) is 0 Å². The molecule has 1 aromatic rings. The molecule has 0 radical (unpaired) electrons. The second-order valence-corrected chi connectivity index (χ2v) is 11.3. The molecule has 3 rings (SSSR count). The van der Waals surface area contributed by atoms with E-state index >= 15 is 0 Å². The third-order valence-electron chi connectivity index (χ3n) is 7.34. The van der Waals surface area contributed by atoms with E-state index in [2.05, 4.69) is 42.2 Å². The Kier molecular flexibility index (Phi) is 13.4. The van der Waals surface area contributed by atoms with Gasteiger partial charge in [0, 0.05) is 6.54 Å². The lowest BCUT2D eigenvalue weighted by Crippen LogP contribution is -2.50. The molecule has 12 nitrogen and oxygen atoms in total. The van der Waals surface area contributed by atoms with Crippen LogP contribution in [0.2, 0.25) is 0 Å². The third-order valence-corrected chi connectivity index (χ3v) is 7.68. The van der Waals surface area contributed by atoms with Gasteiger partial charge in [-0.1, -0.05) is 53.4 Å². The van der Waals surface area contributed by atoms with Crippen LogP contribution in [0.3, 0.4) is 0 Å². The summed E-state index contributed by atoms with van der Waals surface area (Å²) >= 11 is 0. The number of aliphatic hydroxyl groups excluding tert-OH is 1. The zero-order valence-electron chi connectivity index (χ0n) is 23.5. The number of aliphatic hydroxyl groups is 1. The molecule has 2 atom stereocenters. The molecule has 2 saturated heterocycles. The van der Waals surface area contributed by atoms with Crippen LogP contribution in [0.5, 0.6) is 0 Å². The molecule has 0 saturated carbocycles. The summed E-state index contributed by atoms with van der Waals surface area (Å²) in [5, 5.41) is 16.8. The van der Waals surface area contributed by atoms with Gasteiger partial charge in [-0.3, -0.25) is 0 Å². The summed E-state index contributed by atoms with van der Waals surface area (Å²) < 4.78 is 42.8. The minimum atomic E-state index is -5.02. The fourth-order valence-electron chi connectivity index (χ4n) is 5.20. The Hall–Kier alpha value is -1.80. The van der Waals surface area contributed by atoms with E-state index in [4.69, 9.17) is 9.52 Å². The Morgan fingerprint density at radius 1 is 0.974 bits per heavy atom. The molecule has 1 aromatic heterocycles. The fraction of sp³-hybridized carbons (Fsp3) is 0.880. The summed E-state index contributed by atoms with van der Waals surface area (Å²) in [7, 11) is -5.02. The Morgan fingerprint density at radius 3 is 1.92 bits per heavy atom. The van der Waals surface area contributed by atoms with Crippen LogP contribution in [0.1, 0.15) is 110 Å². The van der Waals surface area contributed by atoms with E-state index in [0.717, 1.165) is 0 Å². The van der Waals surface area contributed by atoms with Crippen LogP contribution in [0, 0.1) is 0 Å². The maximum atomic E-state index is 12.1. The first kappa shape index (κ1) is 32.4. The van der Waals surface area contributed by atoms with Gasteiger partial charge >= 0.3 is 6.03 Å². The monoisotopic (exact) mass is 561 g/mol. The van der Waals surface area contributed by atoms with Gasteiger partial charge < -0.3 is 23.5 Å². The Labute approximate surface area is 227 Å². The van der Waals surface area contributed by atoms with Crippen molar-refractivity contribution in [3.63, 3.8) is 0 Å². The van der Waals surface area contributed by atoms with Gasteiger partial charge in [-0.2, -0.15) is 9.35 Å². The number of fused-ring (bicyclic) bond motifs is 2. The van der Waals surface area contributed by atoms with Crippen molar-refractivity contribution in [2.75, 3.05) is 32.7 Å². The topological polar surface area (TPSA) is 149 Å². The van der Waals surface area contributed by atoms with Crippen LogP contribution in [-0.4, -0.2) is 87.5 Å². The number of carbonyl (C=O) groups is 1. The van der Waals surface area contributed by atoms with Crippen LogP contribution in [0.4, 0.5) is 4.79 Å². The zero-order valence-corrected chi connectivity index (χ0v) is 24.3. The van der Waals surface area contributed by atoms with Crippen LogP contribution >= 0.6 is 0 Å². The number of hydrogen-bond donors (Lipinski definition) is 1.